The molecule has 1 heterocycles. The minimum atomic E-state index is 0.185. The predicted octanol–water partition coefficient (Wildman–Crippen LogP) is 1.18. The number of benzene rings is 1. The summed E-state index contributed by atoms with van der Waals surface area (Å²) in [5.41, 5.74) is 2.66. The van der Waals surface area contributed by atoms with Gasteiger partial charge in [-0.1, -0.05) is 24.3 Å². The molecule has 0 spiro atoms. The van der Waals surface area contributed by atoms with E-state index in [1.54, 1.807) is 7.05 Å². The highest BCUT2D eigenvalue weighted by Crippen LogP contribution is 2.22. The van der Waals surface area contributed by atoms with Gasteiger partial charge in [0.25, 0.3) is 0 Å². The molecule has 3 nitrogen and oxygen atoms in total. The van der Waals surface area contributed by atoms with E-state index in [-0.39, 0.29) is 5.91 Å². The van der Waals surface area contributed by atoms with Crippen LogP contribution in [0.2, 0.25) is 0 Å². The van der Waals surface area contributed by atoms with Gasteiger partial charge in [-0.3, -0.25) is 4.79 Å². The Morgan fingerprint density at radius 1 is 1.44 bits per heavy atom. The first-order valence-electron chi connectivity index (χ1n) is 5.73. The summed E-state index contributed by atoms with van der Waals surface area (Å²) in [6.07, 6.45) is 0.964. The summed E-state index contributed by atoms with van der Waals surface area (Å²) in [7, 11) is 1.81. The molecule has 16 heavy (non-hydrogen) atoms. The lowest BCUT2D eigenvalue weighted by atomic mass is 9.95. The van der Waals surface area contributed by atoms with Crippen molar-refractivity contribution in [1.82, 2.24) is 10.2 Å². The topological polar surface area (TPSA) is 32.3 Å². The van der Waals surface area contributed by atoms with Gasteiger partial charge in [0.2, 0.25) is 5.91 Å². The summed E-state index contributed by atoms with van der Waals surface area (Å²) in [6.45, 7) is 3.29. The number of hydrogen-bond acceptors (Lipinski definition) is 2. The van der Waals surface area contributed by atoms with Crippen molar-refractivity contribution in [2.75, 3.05) is 13.6 Å². The van der Waals surface area contributed by atoms with Gasteiger partial charge in [-0.2, -0.15) is 0 Å². The van der Waals surface area contributed by atoms with Crippen LogP contribution in [0.25, 0.3) is 0 Å². The number of hydrogen-bond donors (Lipinski definition) is 1. The molecule has 1 atom stereocenters. The first-order valence-corrected chi connectivity index (χ1v) is 5.73. The number of nitrogens with zero attached hydrogens (tertiary/aromatic N) is 1. The van der Waals surface area contributed by atoms with Gasteiger partial charge in [-0.25, -0.2) is 0 Å². The second-order valence-electron chi connectivity index (χ2n) is 4.37. The van der Waals surface area contributed by atoms with Crippen molar-refractivity contribution in [3.63, 3.8) is 0 Å². The van der Waals surface area contributed by atoms with E-state index < -0.39 is 0 Å². The molecular weight excluding hydrogens is 200 g/mol. The Hall–Kier alpha value is -1.35. The Morgan fingerprint density at radius 3 is 2.81 bits per heavy atom. The molecule has 1 unspecified atom stereocenters. The third-order valence-electron chi connectivity index (χ3n) is 3.15. The molecule has 1 aliphatic heterocycles. The smallest absolute Gasteiger partial charge is 0.237 e. The predicted molar refractivity (Wildman–Crippen MR) is 64.1 cm³/mol. The maximum atomic E-state index is 11.9. The summed E-state index contributed by atoms with van der Waals surface area (Å²) in [5.74, 6) is 0.185. The molecule has 1 amide bonds. The lowest BCUT2D eigenvalue weighted by Crippen LogP contribution is -2.45. The van der Waals surface area contributed by atoms with E-state index in [2.05, 4.69) is 30.4 Å². The van der Waals surface area contributed by atoms with E-state index in [1.807, 2.05) is 11.0 Å². The molecule has 0 fully saturated rings. The monoisotopic (exact) mass is 218 g/mol. The Balaban J connectivity index is 2.18. The second kappa shape index (κ2) is 4.66. The minimum absolute atomic E-state index is 0.185. The highest BCUT2D eigenvalue weighted by molar-refractivity contribution is 5.78. The molecular formula is C13H18N2O. The molecule has 1 aromatic carbocycles. The van der Waals surface area contributed by atoms with Gasteiger partial charge in [-0.05, 0) is 31.5 Å². The summed E-state index contributed by atoms with van der Waals surface area (Å²) in [6, 6.07) is 8.68. The number of rotatable bonds is 2. The number of likely N-dealkylation sites (N-methyl/N-ethyl adjacent to an activating group) is 1. The highest BCUT2D eigenvalue weighted by atomic mass is 16.2. The maximum absolute atomic E-state index is 11.9. The van der Waals surface area contributed by atoms with Gasteiger partial charge in [0, 0.05) is 12.6 Å². The first kappa shape index (κ1) is 11.1. The molecule has 2 rings (SSSR count). The van der Waals surface area contributed by atoms with Gasteiger partial charge in [0.05, 0.1) is 6.54 Å². The fourth-order valence-electron chi connectivity index (χ4n) is 2.27. The van der Waals surface area contributed by atoms with Crippen molar-refractivity contribution in [2.45, 2.75) is 25.9 Å². The standard InChI is InChI=1S/C13H18N2O/c1-10-7-11-5-3-4-6-12(11)9-15(10)13(16)8-14-2/h3-6,10,14H,7-9H2,1-2H3. The second-order valence-corrected chi connectivity index (χ2v) is 4.37. The summed E-state index contributed by atoms with van der Waals surface area (Å²) < 4.78 is 0. The fourth-order valence-corrected chi connectivity index (χ4v) is 2.27. The number of carbonyl (C=O) groups is 1. The van der Waals surface area contributed by atoms with Gasteiger partial charge in [0.1, 0.15) is 0 Å². The summed E-state index contributed by atoms with van der Waals surface area (Å²) >= 11 is 0. The summed E-state index contributed by atoms with van der Waals surface area (Å²) in [4.78, 5) is 13.8. The molecule has 0 saturated carbocycles. The first-order chi connectivity index (χ1) is 7.72. The van der Waals surface area contributed by atoms with Crippen LogP contribution >= 0.6 is 0 Å². The van der Waals surface area contributed by atoms with Crippen molar-refractivity contribution < 1.29 is 4.79 Å². The van der Waals surface area contributed by atoms with Crippen molar-refractivity contribution in [1.29, 1.82) is 0 Å². The van der Waals surface area contributed by atoms with Crippen molar-refractivity contribution in [3.8, 4) is 0 Å². The van der Waals surface area contributed by atoms with Crippen molar-refractivity contribution >= 4 is 5.91 Å². The Morgan fingerprint density at radius 2 is 2.12 bits per heavy atom. The Bertz CT molecular complexity index is 389. The van der Waals surface area contributed by atoms with Crippen LogP contribution in [0.5, 0.6) is 0 Å². The quantitative estimate of drug-likeness (QED) is 0.808. The molecule has 1 aromatic rings. The molecule has 0 aliphatic carbocycles. The molecule has 0 radical (unpaired) electrons. The number of carbonyl (C=O) groups excluding carboxylic acids is 1. The van der Waals surface area contributed by atoms with Crippen LogP contribution in [0.3, 0.4) is 0 Å². The zero-order valence-corrected chi connectivity index (χ0v) is 9.86. The van der Waals surface area contributed by atoms with E-state index in [0.717, 1.165) is 13.0 Å². The molecule has 86 valence electrons. The number of nitrogens with one attached hydrogen (secondary N) is 1. The third-order valence-corrected chi connectivity index (χ3v) is 3.15. The lowest BCUT2D eigenvalue weighted by molar-refractivity contribution is -0.133. The van der Waals surface area contributed by atoms with Crippen LogP contribution in [0.15, 0.2) is 24.3 Å². The molecule has 0 saturated heterocycles. The summed E-state index contributed by atoms with van der Waals surface area (Å²) in [5, 5.41) is 2.92. The third kappa shape index (κ3) is 2.09. The zero-order chi connectivity index (χ0) is 11.5. The van der Waals surface area contributed by atoms with E-state index >= 15 is 0 Å². The van der Waals surface area contributed by atoms with Crippen molar-refractivity contribution in [3.05, 3.63) is 35.4 Å². The maximum Gasteiger partial charge on any atom is 0.237 e. The number of amides is 1. The van der Waals surface area contributed by atoms with Crippen molar-refractivity contribution in [2.24, 2.45) is 0 Å². The lowest BCUT2D eigenvalue weighted by Gasteiger charge is -2.35. The van der Waals surface area contributed by atoms with Crippen LogP contribution in [-0.2, 0) is 17.8 Å². The van der Waals surface area contributed by atoms with Gasteiger partial charge < -0.3 is 10.2 Å². The average Bonchev–Trinajstić information content (AvgIpc) is 2.28. The number of fused-ring (bicyclic) bond motifs is 1. The Labute approximate surface area is 96.5 Å². The molecule has 0 bridgehead atoms. The molecule has 1 N–H and O–H groups in total. The van der Waals surface area contributed by atoms with Crippen LogP contribution in [-0.4, -0.2) is 30.4 Å². The van der Waals surface area contributed by atoms with Crippen LogP contribution in [0, 0.1) is 0 Å². The van der Waals surface area contributed by atoms with Crippen LogP contribution in [0.4, 0.5) is 0 Å². The molecule has 3 heteroatoms. The van der Waals surface area contributed by atoms with Crippen LogP contribution < -0.4 is 5.32 Å². The minimum Gasteiger partial charge on any atom is -0.334 e. The van der Waals surface area contributed by atoms with E-state index in [0.29, 0.717) is 12.6 Å². The Kier molecular flexibility index (Phi) is 3.25. The molecule has 1 aliphatic rings. The highest BCUT2D eigenvalue weighted by Gasteiger charge is 2.25. The SMILES string of the molecule is CNCC(=O)N1Cc2ccccc2CC1C. The fraction of sp³-hybridized carbons (Fsp3) is 0.462. The molecule has 0 aromatic heterocycles. The zero-order valence-electron chi connectivity index (χ0n) is 9.86. The van der Waals surface area contributed by atoms with E-state index in [9.17, 15) is 4.79 Å². The van der Waals surface area contributed by atoms with E-state index in [1.165, 1.54) is 11.1 Å². The largest absolute Gasteiger partial charge is 0.334 e. The van der Waals surface area contributed by atoms with E-state index in [4.69, 9.17) is 0 Å². The van der Waals surface area contributed by atoms with Gasteiger partial charge in [0.15, 0.2) is 0 Å². The normalized spacial score (nSPS) is 19.4. The van der Waals surface area contributed by atoms with Crippen LogP contribution in [0.1, 0.15) is 18.1 Å². The van der Waals surface area contributed by atoms with Gasteiger partial charge >= 0.3 is 0 Å². The average molecular weight is 218 g/mol. The van der Waals surface area contributed by atoms with Gasteiger partial charge in [-0.15, -0.1) is 0 Å².